The standard InChI is InChI=1S/C18H17ClN4O4/c1-11-2-3-12(8-16(11)23(26)27)18(25)21-13-4-5-15(14(19)9-13)22-7-6-20-17(24)10-22/h2-5,8-9H,6-7,10H2,1H3,(H,20,24)(H,21,25). The number of nitrogens with one attached hydrogen (secondary N) is 2. The van der Waals surface area contributed by atoms with Gasteiger partial charge in [-0.25, -0.2) is 0 Å². The monoisotopic (exact) mass is 388 g/mol. The Hall–Kier alpha value is -3.13. The first-order valence-corrected chi connectivity index (χ1v) is 8.60. The highest BCUT2D eigenvalue weighted by Crippen LogP contribution is 2.29. The predicted octanol–water partition coefficient (Wildman–Crippen LogP) is 2.75. The van der Waals surface area contributed by atoms with E-state index in [4.69, 9.17) is 11.6 Å². The number of piperazine rings is 1. The largest absolute Gasteiger partial charge is 0.359 e. The van der Waals surface area contributed by atoms with E-state index in [0.29, 0.717) is 35.1 Å². The second kappa shape index (κ2) is 7.63. The van der Waals surface area contributed by atoms with Crippen molar-refractivity contribution < 1.29 is 14.5 Å². The fraction of sp³-hybridized carbons (Fsp3) is 0.222. The molecule has 0 unspecified atom stereocenters. The van der Waals surface area contributed by atoms with Crippen molar-refractivity contribution in [3.63, 3.8) is 0 Å². The van der Waals surface area contributed by atoms with E-state index in [9.17, 15) is 19.7 Å². The van der Waals surface area contributed by atoms with Crippen molar-refractivity contribution in [2.75, 3.05) is 29.9 Å². The molecule has 2 amide bonds. The summed E-state index contributed by atoms with van der Waals surface area (Å²) in [5.74, 6) is -0.546. The summed E-state index contributed by atoms with van der Waals surface area (Å²) in [5, 5.41) is 16.9. The summed E-state index contributed by atoms with van der Waals surface area (Å²) < 4.78 is 0. The average molecular weight is 389 g/mol. The predicted molar refractivity (Wildman–Crippen MR) is 102 cm³/mol. The Labute approximate surface area is 160 Å². The third-order valence-electron chi connectivity index (χ3n) is 4.25. The average Bonchev–Trinajstić information content (AvgIpc) is 2.62. The van der Waals surface area contributed by atoms with Crippen LogP contribution in [0.15, 0.2) is 36.4 Å². The lowest BCUT2D eigenvalue weighted by Crippen LogP contribution is -2.47. The fourth-order valence-corrected chi connectivity index (χ4v) is 3.14. The summed E-state index contributed by atoms with van der Waals surface area (Å²) in [5.41, 5.74) is 1.71. The van der Waals surface area contributed by atoms with Crippen LogP contribution in [0.4, 0.5) is 17.1 Å². The first-order chi connectivity index (χ1) is 12.8. The molecule has 27 heavy (non-hydrogen) atoms. The fourth-order valence-electron chi connectivity index (χ4n) is 2.84. The number of hydrogen-bond donors (Lipinski definition) is 2. The number of anilines is 2. The molecule has 1 saturated heterocycles. The first kappa shape index (κ1) is 18.7. The number of amides is 2. The molecule has 1 aliphatic rings. The third-order valence-corrected chi connectivity index (χ3v) is 4.56. The number of carbonyl (C=O) groups is 2. The van der Waals surface area contributed by atoms with Crippen molar-refractivity contribution in [2.45, 2.75) is 6.92 Å². The van der Waals surface area contributed by atoms with E-state index in [2.05, 4.69) is 10.6 Å². The van der Waals surface area contributed by atoms with Gasteiger partial charge in [-0.05, 0) is 31.2 Å². The topological polar surface area (TPSA) is 105 Å². The summed E-state index contributed by atoms with van der Waals surface area (Å²) >= 11 is 6.31. The van der Waals surface area contributed by atoms with E-state index >= 15 is 0 Å². The Balaban J connectivity index is 1.77. The van der Waals surface area contributed by atoms with Crippen LogP contribution in [0.5, 0.6) is 0 Å². The van der Waals surface area contributed by atoms with E-state index in [1.165, 1.54) is 18.2 Å². The first-order valence-electron chi connectivity index (χ1n) is 8.23. The van der Waals surface area contributed by atoms with Crippen molar-refractivity contribution in [2.24, 2.45) is 0 Å². The molecule has 2 aromatic rings. The van der Waals surface area contributed by atoms with Gasteiger partial charge in [-0.2, -0.15) is 0 Å². The Morgan fingerprint density at radius 1 is 1.30 bits per heavy atom. The third kappa shape index (κ3) is 4.17. The van der Waals surface area contributed by atoms with Crippen LogP contribution in [-0.4, -0.2) is 36.4 Å². The zero-order valence-corrected chi connectivity index (χ0v) is 15.2. The molecule has 2 N–H and O–H groups in total. The summed E-state index contributed by atoms with van der Waals surface area (Å²) in [4.78, 5) is 36.3. The molecule has 0 atom stereocenters. The maximum absolute atomic E-state index is 12.4. The molecule has 9 heteroatoms. The van der Waals surface area contributed by atoms with E-state index in [1.807, 2.05) is 4.90 Å². The van der Waals surface area contributed by atoms with Crippen LogP contribution < -0.4 is 15.5 Å². The smallest absolute Gasteiger partial charge is 0.273 e. The van der Waals surface area contributed by atoms with Gasteiger partial charge in [0, 0.05) is 36.0 Å². The second-order valence-corrected chi connectivity index (χ2v) is 6.56. The molecule has 1 fully saturated rings. The number of halogens is 1. The molecule has 3 rings (SSSR count). The lowest BCUT2D eigenvalue weighted by molar-refractivity contribution is -0.385. The minimum atomic E-state index is -0.521. The van der Waals surface area contributed by atoms with Crippen molar-refractivity contribution in [1.82, 2.24) is 5.32 Å². The molecule has 0 radical (unpaired) electrons. The molecule has 0 aromatic heterocycles. The Morgan fingerprint density at radius 2 is 2.07 bits per heavy atom. The summed E-state index contributed by atoms with van der Waals surface area (Å²) in [6, 6.07) is 9.30. The molecule has 1 aliphatic heterocycles. The van der Waals surface area contributed by atoms with E-state index in [0.717, 1.165) is 0 Å². The van der Waals surface area contributed by atoms with E-state index in [-0.39, 0.29) is 23.7 Å². The number of benzene rings is 2. The van der Waals surface area contributed by atoms with Gasteiger partial charge in [0.25, 0.3) is 11.6 Å². The number of hydrogen-bond acceptors (Lipinski definition) is 5. The maximum atomic E-state index is 12.4. The lowest BCUT2D eigenvalue weighted by atomic mass is 10.1. The van der Waals surface area contributed by atoms with Crippen molar-refractivity contribution in [3.8, 4) is 0 Å². The van der Waals surface area contributed by atoms with Crippen LogP contribution in [0, 0.1) is 17.0 Å². The second-order valence-electron chi connectivity index (χ2n) is 6.15. The van der Waals surface area contributed by atoms with Crippen LogP contribution in [0.3, 0.4) is 0 Å². The van der Waals surface area contributed by atoms with Crippen LogP contribution in [0.25, 0.3) is 0 Å². The van der Waals surface area contributed by atoms with Crippen LogP contribution >= 0.6 is 11.6 Å². The molecule has 1 heterocycles. The molecular weight excluding hydrogens is 372 g/mol. The number of nitro benzene ring substituents is 1. The van der Waals surface area contributed by atoms with Crippen LogP contribution in [-0.2, 0) is 4.79 Å². The zero-order valence-electron chi connectivity index (χ0n) is 14.5. The van der Waals surface area contributed by atoms with Gasteiger partial charge < -0.3 is 15.5 Å². The number of rotatable bonds is 4. The maximum Gasteiger partial charge on any atom is 0.273 e. The molecule has 0 aliphatic carbocycles. The number of carbonyl (C=O) groups excluding carboxylic acids is 2. The zero-order chi connectivity index (χ0) is 19.6. The molecular formula is C18H17ClN4O4. The van der Waals surface area contributed by atoms with Gasteiger partial charge in [-0.3, -0.25) is 19.7 Å². The van der Waals surface area contributed by atoms with Crippen molar-refractivity contribution >= 4 is 40.5 Å². The SMILES string of the molecule is Cc1ccc(C(=O)Nc2ccc(N3CCNC(=O)C3)c(Cl)c2)cc1[N+](=O)[O-]. The number of aryl methyl sites for hydroxylation is 1. The van der Waals surface area contributed by atoms with E-state index < -0.39 is 10.8 Å². The lowest BCUT2D eigenvalue weighted by Gasteiger charge is -2.29. The molecule has 140 valence electrons. The van der Waals surface area contributed by atoms with Gasteiger partial charge in [0.1, 0.15) is 0 Å². The highest BCUT2D eigenvalue weighted by molar-refractivity contribution is 6.33. The highest BCUT2D eigenvalue weighted by atomic mass is 35.5. The number of nitrogens with zero attached hydrogens (tertiary/aromatic N) is 2. The van der Waals surface area contributed by atoms with E-state index in [1.54, 1.807) is 25.1 Å². The van der Waals surface area contributed by atoms with Gasteiger partial charge in [0.15, 0.2) is 0 Å². The van der Waals surface area contributed by atoms with Crippen molar-refractivity contribution in [1.29, 1.82) is 0 Å². The van der Waals surface area contributed by atoms with Gasteiger partial charge in [-0.15, -0.1) is 0 Å². The molecule has 2 aromatic carbocycles. The van der Waals surface area contributed by atoms with Gasteiger partial charge in [0.05, 0.1) is 22.2 Å². The quantitative estimate of drug-likeness (QED) is 0.619. The minimum Gasteiger partial charge on any atom is -0.359 e. The van der Waals surface area contributed by atoms with Gasteiger partial charge in [0.2, 0.25) is 5.91 Å². The summed E-state index contributed by atoms with van der Waals surface area (Å²) in [6.45, 7) is 3.02. The normalized spacial score (nSPS) is 13.9. The van der Waals surface area contributed by atoms with Gasteiger partial charge in [-0.1, -0.05) is 17.7 Å². The molecule has 0 bridgehead atoms. The minimum absolute atomic E-state index is 0.0735. The van der Waals surface area contributed by atoms with Crippen LogP contribution in [0.2, 0.25) is 5.02 Å². The van der Waals surface area contributed by atoms with Crippen LogP contribution in [0.1, 0.15) is 15.9 Å². The molecule has 0 spiro atoms. The summed E-state index contributed by atoms with van der Waals surface area (Å²) in [7, 11) is 0. The molecule has 0 saturated carbocycles. The number of nitro groups is 1. The van der Waals surface area contributed by atoms with Crippen molar-refractivity contribution in [3.05, 3.63) is 62.7 Å². The highest BCUT2D eigenvalue weighted by Gasteiger charge is 2.19. The Kier molecular flexibility index (Phi) is 5.27. The Bertz CT molecular complexity index is 932. The Morgan fingerprint density at radius 3 is 2.74 bits per heavy atom. The molecule has 8 nitrogen and oxygen atoms in total. The van der Waals surface area contributed by atoms with Gasteiger partial charge >= 0.3 is 0 Å². The summed E-state index contributed by atoms with van der Waals surface area (Å²) in [6.07, 6.45) is 0.